The molecule has 1 rings (SSSR count). The monoisotopic (exact) mass is 411 g/mol. The smallest absolute Gasteiger partial charge is 0.408 e. The highest BCUT2D eigenvalue weighted by Gasteiger charge is 2.44. The first-order chi connectivity index (χ1) is 12.9. The fraction of sp³-hybridized carbons (Fsp3) is 0.941. The molecule has 0 unspecified atom stereocenters. The predicted molar refractivity (Wildman–Crippen MR) is 95.2 cm³/mol. The third kappa shape index (κ3) is 7.08. The van der Waals surface area contributed by atoms with Gasteiger partial charge in [-0.25, -0.2) is 4.79 Å². The van der Waals surface area contributed by atoms with Gasteiger partial charge in [-0.1, -0.05) is 6.92 Å². The number of hydrogen-bond donors (Lipinski definition) is 7. The van der Waals surface area contributed by atoms with Crippen LogP contribution in [-0.4, -0.2) is 105 Å². The predicted octanol–water partition coefficient (Wildman–Crippen LogP) is -2.17. The molecule has 1 aliphatic rings. The second-order valence-corrected chi connectivity index (χ2v) is 7.75. The van der Waals surface area contributed by atoms with Crippen LogP contribution in [0.2, 0.25) is 0 Å². The first kappa shape index (κ1) is 25.0. The number of carbonyl (C=O) groups excluding carboxylic acids is 1. The molecular weight excluding hydrogens is 378 g/mol. The number of aliphatic hydroxyl groups is 6. The zero-order valence-corrected chi connectivity index (χ0v) is 16.6. The number of alkyl carbamates (subject to hydrolysis) is 1. The van der Waals surface area contributed by atoms with E-state index in [0.717, 1.165) is 0 Å². The number of nitrogens with one attached hydrogen (secondary N) is 1. The van der Waals surface area contributed by atoms with Gasteiger partial charge in [-0.15, -0.1) is 0 Å². The van der Waals surface area contributed by atoms with Crippen molar-refractivity contribution in [2.24, 2.45) is 0 Å². The van der Waals surface area contributed by atoms with Crippen molar-refractivity contribution >= 4 is 6.09 Å². The van der Waals surface area contributed by atoms with Crippen LogP contribution in [0.3, 0.4) is 0 Å². The Bertz CT molecular complexity index is 483. The minimum atomic E-state index is -1.63. The summed E-state index contributed by atoms with van der Waals surface area (Å²) >= 11 is 0. The summed E-state index contributed by atoms with van der Waals surface area (Å²) in [6.07, 6.45) is -10.6. The number of aliphatic hydroxyl groups excluding tert-OH is 6. The molecule has 0 aromatic carbocycles. The quantitative estimate of drug-likeness (QED) is 0.232. The summed E-state index contributed by atoms with van der Waals surface area (Å²) < 4.78 is 15.7. The van der Waals surface area contributed by atoms with Crippen molar-refractivity contribution in [2.45, 2.75) is 88.7 Å². The van der Waals surface area contributed by atoms with Crippen LogP contribution < -0.4 is 5.32 Å². The van der Waals surface area contributed by atoms with Crippen molar-refractivity contribution in [3.8, 4) is 0 Å². The second kappa shape index (κ2) is 10.6. The van der Waals surface area contributed by atoms with Crippen molar-refractivity contribution in [1.29, 1.82) is 0 Å². The van der Waals surface area contributed by atoms with E-state index in [1.165, 1.54) is 0 Å². The molecule has 0 aromatic heterocycles. The summed E-state index contributed by atoms with van der Waals surface area (Å²) in [5.74, 6) is 0. The lowest BCUT2D eigenvalue weighted by atomic mass is 9.99. The minimum absolute atomic E-state index is 0.202. The highest BCUT2D eigenvalue weighted by atomic mass is 16.7. The molecule has 0 aromatic rings. The Hall–Kier alpha value is -1.05. The lowest BCUT2D eigenvalue weighted by Gasteiger charge is -2.40. The SMILES string of the molecule is CC[C@@H](O)[C@@H](O)[C@H](CO[C@H]1O[C@H](CO)[C@H](O)[C@H](O)[C@H]1O)NC(=O)OC(C)(C)C. The van der Waals surface area contributed by atoms with Crippen LogP contribution >= 0.6 is 0 Å². The fourth-order valence-corrected chi connectivity index (χ4v) is 2.60. The Morgan fingerprint density at radius 3 is 2.25 bits per heavy atom. The number of ether oxygens (including phenoxy) is 3. The fourth-order valence-electron chi connectivity index (χ4n) is 2.60. The van der Waals surface area contributed by atoms with Gasteiger partial charge in [0.05, 0.1) is 25.4 Å². The molecule has 0 aliphatic carbocycles. The van der Waals surface area contributed by atoms with Crippen LogP contribution in [-0.2, 0) is 14.2 Å². The zero-order valence-electron chi connectivity index (χ0n) is 16.6. The van der Waals surface area contributed by atoms with E-state index in [0.29, 0.717) is 0 Å². The molecule has 166 valence electrons. The second-order valence-electron chi connectivity index (χ2n) is 7.75. The van der Waals surface area contributed by atoms with E-state index in [2.05, 4.69) is 5.32 Å². The Morgan fingerprint density at radius 2 is 1.75 bits per heavy atom. The molecule has 0 radical (unpaired) electrons. The summed E-state index contributed by atoms with van der Waals surface area (Å²) in [4.78, 5) is 12.0. The maximum Gasteiger partial charge on any atom is 0.408 e. The topological polar surface area (TPSA) is 178 Å². The maximum atomic E-state index is 12.0. The van der Waals surface area contributed by atoms with E-state index in [4.69, 9.17) is 14.2 Å². The third-order valence-electron chi connectivity index (χ3n) is 4.22. The van der Waals surface area contributed by atoms with E-state index in [9.17, 15) is 35.4 Å². The standard InChI is InChI=1S/C17H33NO10/c1-5-9(20)11(21)8(18-16(25)28-17(2,3)4)7-26-15-14(24)13(23)12(22)10(6-19)27-15/h8-15,19-24H,5-7H2,1-4H3,(H,18,25)/t8-,9+,10+,11-,12-,13-,14+,15-/m0/s1. The molecule has 11 nitrogen and oxygen atoms in total. The molecule has 1 saturated heterocycles. The first-order valence-corrected chi connectivity index (χ1v) is 9.19. The average molecular weight is 411 g/mol. The number of amides is 1. The van der Waals surface area contributed by atoms with E-state index < -0.39 is 73.9 Å². The summed E-state index contributed by atoms with van der Waals surface area (Å²) in [7, 11) is 0. The van der Waals surface area contributed by atoms with Crippen molar-refractivity contribution in [1.82, 2.24) is 5.32 Å². The molecule has 7 N–H and O–H groups in total. The maximum absolute atomic E-state index is 12.0. The highest BCUT2D eigenvalue weighted by molar-refractivity contribution is 5.68. The van der Waals surface area contributed by atoms with Crippen LogP contribution in [0.4, 0.5) is 4.79 Å². The van der Waals surface area contributed by atoms with E-state index in [1.807, 2.05) is 0 Å². The first-order valence-electron chi connectivity index (χ1n) is 9.19. The van der Waals surface area contributed by atoms with Gasteiger partial charge in [-0.2, -0.15) is 0 Å². The van der Waals surface area contributed by atoms with Crippen molar-refractivity contribution in [2.75, 3.05) is 13.2 Å². The minimum Gasteiger partial charge on any atom is -0.444 e. The van der Waals surface area contributed by atoms with Gasteiger partial charge in [0.1, 0.15) is 36.1 Å². The molecule has 1 fully saturated rings. The Balaban J connectivity index is 2.81. The molecule has 0 saturated carbocycles. The van der Waals surface area contributed by atoms with E-state index in [1.54, 1.807) is 27.7 Å². The Labute approximate surface area is 163 Å². The molecule has 1 heterocycles. The number of rotatable bonds is 8. The average Bonchev–Trinajstić information content (AvgIpc) is 2.61. The summed E-state index contributed by atoms with van der Waals surface area (Å²) in [6, 6.07) is -1.13. The molecule has 28 heavy (non-hydrogen) atoms. The van der Waals surface area contributed by atoms with Crippen LogP contribution in [0.25, 0.3) is 0 Å². The summed E-state index contributed by atoms with van der Waals surface area (Å²) in [5.41, 5.74) is -0.791. The summed E-state index contributed by atoms with van der Waals surface area (Å²) in [6.45, 7) is 5.56. The summed E-state index contributed by atoms with van der Waals surface area (Å²) in [5, 5.41) is 61.3. The van der Waals surface area contributed by atoms with E-state index in [-0.39, 0.29) is 6.42 Å². The normalized spacial score (nSPS) is 31.7. The lowest BCUT2D eigenvalue weighted by molar-refractivity contribution is -0.303. The van der Waals surface area contributed by atoms with Gasteiger partial charge in [-0.05, 0) is 27.2 Å². The number of hydrogen-bond acceptors (Lipinski definition) is 10. The third-order valence-corrected chi connectivity index (χ3v) is 4.22. The van der Waals surface area contributed by atoms with Gasteiger partial charge in [-0.3, -0.25) is 0 Å². The molecular formula is C17H33NO10. The van der Waals surface area contributed by atoms with Gasteiger partial charge in [0, 0.05) is 0 Å². The van der Waals surface area contributed by atoms with Gasteiger partial charge in [0.2, 0.25) is 0 Å². The number of carbonyl (C=O) groups is 1. The van der Waals surface area contributed by atoms with Gasteiger partial charge in [0.15, 0.2) is 6.29 Å². The van der Waals surface area contributed by atoms with Crippen molar-refractivity contribution < 1.29 is 49.6 Å². The van der Waals surface area contributed by atoms with Gasteiger partial charge in [0.25, 0.3) is 0 Å². The molecule has 11 heteroatoms. The largest absolute Gasteiger partial charge is 0.444 e. The van der Waals surface area contributed by atoms with Crippen LogP contribution in [0.15, 0.2) is 0 Å². The van der Waals surface area contributed by atoms with Gasteiger partial charge >= 0.3 is 6.09 Å². The Kier molecular flexibility index (Phi) is 9.50. The molecule has 1 amide bonds. The molecule has 0 bridgehead atoms. The molecule has 1 aliphatic heterocycles. The van der Waals surface area contributed by atoms with Crippen molar-refractivity contribution in [3.63, 3.8) is 0 Å². The van der Waals surface area contributed by atoms with Crippen molar-refractivity contribution in [3.05, 3.63) is 0 Å². The molecule has 0 spiro atoms. The Morgan fingerprint density at radius 1 is 1.14 bits per heavy atom. The van der Waals surface area contributed by atoms with E-state index >= 15 is 0 Å². The van der Waals surface area contributed by atoms with Gasteiger partial charge < -0.3 is 50.2 Å². The van der Waals surface area contributed by atoms with Crippen LogP contribution in [0.1, 0.15) is 34.1 Å². The zero-order chi connectivity index (χ0) is 21.6. The van der Waals surface area contributed by atoms with Crippen LogP contribution in [0, 0.1) is 0 Å². The lowest BCUT2D eigenvalue weighted by Crippen LogP contribution is -2.60. The molecule has 8 atom stereocenters. The van der Waals surface area contributed by atoms with Crippen LogP contribution in [0.5, 0.6) is 0 Å². The highest BCUT2D eigenvalue weighted by Crippen LogP contribution is 2.22.